The van der Waals surface area contributed by atoms with Crippen molar-refractivity contribution in [2.45, 2.75) is 32.6 Å². The Labute approximate surface area is 150 Å². The number of rotatable bonds is 4. The molecule has 0 saturated carbocycles. The molecule has 0 aliphatic carbocycles. The molecule has 0 spiro atoms. The summed E-state index contributed by atoms with van der Waals surface area (Å²) in [5, 5.41) is 0. The van der Waals surface area contributed by atoms with E-state index in [-0.39, 0.29) is 12.2 Å². The van der Waals surface area contributed by atoms with Crippen molar-refractivity contribution in [3.8, 4) is 0 Å². The lowest BCUT2D eigenvalue weighted by Crippen LogP contribution is -2.57. The third kappa shape index (κ3) is 4.51. The Morgan fingerprint density at radius 2 is 1.72 bits per heavy atom. The van der Waals surface area contributed by atoms with Crippen LogP contribution in [-0.4, -0.2) is 73.4 Å². The molecule has 2 saturated heterocycles. The van der Waals surface area contributed by atoms with Crippen LogP contribution in [0.3, 0.4) is 0 Å². The number of nitrogens with two attached hydrogens (primary N) is 1. The standard InChI is InChI=1S/C17H28N4O3S/c1-14-11-21(12-15(2)24-14)25(22,23)20-8-6-19(7-9-20)13-16-4-3-5-17(18)10-16/h3-5,10,14-15H,6-9,11-13,18H2,1-2H3. The maximum Gasteiger partial charge on any atom is 0.282 e. The van der Waals surface area contributed by atoms with Crippen LogP contribution >= 0.6 is 0 Å². The largest absolute Gasteiger partial charge is 0.399 e. The molecular weight excluding hydrogens is 340 g/mol. The van der Waals surface area contributed by atoms with E-state index in [1.807, 2.05) is 32.0 Å². The van der Waals surface area contributed by atoms with Gasteiger partial charge in [0.25, 0.3) is 10.2 Å². The highest BCUT2D eigenvalue weighted by Crippen LogP contribution is 2.19. The fourth-order valence-electron chi connectivity index (χ4n) is 3.55. The third-order valence-corrected chi connectivity index (χ3v) is 6.70. The molecule has 3 rings (SSSR count). The van der Waals surface area contributed by atoms with Crippen molar-refractivity contribution in [3.63, 3.8) is 0 Å². The molecule has 1 aromatic carbocycles. The zero-order valence-electron chi connectivity index (χ0n) is 15.0. The van der Waals surface area contributed by atoms with Crippen LogP contribution in [0.1, 0.15) is 19.4 Å². The van der Waals surface area contributed by atoms with Gasteiger partial charge in [-0.1, -0.05) is 12.1 Å². The Kier molecular flexibility index (Phi) is 5.65. The number of hydrogen-bond donors (Lipinski definition) is 1. The summed E-state index contributed by atoms with van der Waals surface area (Å²) < 4.78 is 34.6. The fourth-order valence-corrected chi connectivity index (χ4v) is 5.30. The van der Waals surface area contributed by atoms with Crippen molar-refractivity contribution in [1.82, 2.24) is 13.5 Å². The van der Waals surface area contributed by atoms with E-state index < -0.39 is 10.2 Å². The van der Waals surface area contributed by atoms with Crippen LogP contribution in [0.5, 0.6) is 0 Å². The summed E-state index contributed by atoms with van der Waals surface area (Å²) in [5.74, 6) is 0. The molecule has 2 fully saturated rings. The molecule has 1 aromatic rings. The molecule has 0 radical (unpaired) electrons. The maximum absolute atomic E-state index is 12.9. The first-order valence-corrected chi connectivity index (χ1v) is 10.2. The van der Waals surface area contributed by atoms with Crippen LogP contribution in [0.15, 0.2) is 24.3 Å². The van der Waals surface area contributed by atoms with E-state index in [2.05, 4.69) is 11.0 Å². The SMILES string of the molecule is CC1CN(S(=O)(=O)N2CCN(Cc3cccc(N)c3)CC2)CC(C)O1. The van der Waals surface area contributed by atoms with Gasteiger partial charge in [0.05, 0.1) is 12.2 Å². The second kappa shape index (κ2) is 7.59. The number of morpholine rings is 1. The van der Waals surface area contributed by atoms with E-state index in [4.69, 9.17) is 10.5 Å². The highest BCUT2D eigenvalue weighted by Gasteiger charge is 2.36. The average Bonchev–Trinajstić information content (AvgIpc) is 2.54. The normalized spacial score (nSPS) is 27.4. The van der Waals surface area contributed by atoms with Crippen molar-refractivity contribution < 1.29 is 13.2 Å². The smallest absolute Gasteiger partial charge is 0.282 e. The summed E-state index contributed by atoms with van der Waals surface area (Å²) in [6, 6.07) is 7.85. The van der Waals surface area contributed by atoms with Gasteiger partial charge in [0, 0.05) is 51.5 Å². The molecule has 2 unspecified atom stereocenters. The zero-order valence-corrected chi connectivity index (χ0v) is 15.8. The van der Waals surface area contributed by atoms with Gasteiger partial charge in [0.1, 0.15) is 0 Å². The minimum atomic E-state index is -3.41. The monoisotopic (exact) mass is 368 g/mol. The molecule has 25 heavy (non-hydrogen) atoms. The molecule has 7 nitrogen and oxygen atoms in total. The predicted molar refractivity (Wildman–Crippen MR) is 98.2 cm³/mol. The van der Waals surface area contributed by atoms with Crippen LogP contribution in [-0.2, 0) is 21.5 Å². The molecular formula is C17H28N4O3S. The first kappa shape index (κ1) is 18.6. The third-order valence-electron chi connectivity index (χ3n) is 4.73. The lowest BCUT2D eigenvalue weighted by atomic mass is 10.2. The van der Waals surface area contributed by atoms with Gasteiger partial charge in [0.15, 0.2) is 0 Å². The minimum Gasteiger partial charge on any atom is -0.399 e. The molecule has 8 heteroatoms. The Morgan fingerprint density at radius 3 is 2.32 bits per heavy atom. The highest BCUT2D eigenvalue weighted by molar-refractivity contribution is 7.86. The number of ether oxygens (including phenoxy) is 1. The molecule has 0 aromatic heterocycles. The Hall–Kier alpha value is -1.19. The van der Waals surface area contributed by atoms with E-state index >= 15 is 0 Å². The van der Waals surface area contributed by atoms with E-state index in [1.165, 1.54) is 0 Å². The predicted octanol–water partition coefficient (Wildman–Crippen LogP) is 0.740. The first-order valence-electron chi connectivity index (χ1n) is 8.82. The quantitative estimate of drug-likeness (QED) is 0.793. The van der Waals surface area contributed by atoms with Crippen LogP contribution in [0, 0.1) is 0 Å². The van der Waals surface area contributed by atoms with Gasteiger partial charge in [0.2, 0.25) is 0 Å². The highest BCUT2D eigenvalue weighted by atomic mass is 32.2. The first-order chi connectivity index (χ1) is 11.8. The number of benzene rings is 1. The van der Waals surface area contributed by atoms with Crippen molar-refractivity contribution in [3.05, 3.63) is 29.8 Å². The summed E-state index contributed by atoms with van der Waals surface area (Å²) in [6.07, 6.45) is -0.133. The number of nitrogens with zero attached hydrogens (tertiary/aromatic N) is 3. The molecule has 2 N–H and O–H groups in total. The van der Waals surface area contributed by atoms with E-state index in [0.717, 1.165) is 30.9 Å². The van der Waals surface area contributed by atoms with Gasteiger partial charge in [-0.25, -0.2) is 0 Å². The van der Waals surface area contributed by atoms with Crippen molar-refractivity contribution in [1.29, 1.82) is 0 Å². The Balaban J connectivity index is 1.57. The van der Waals surface area contributed by atoms with Crippen molar-refractivity contribution >= 4 is 15.9 Å². The molecule has 0 bridgehead atoms. The summed E-state index contributed by atoms with van der Waals surface area (Å²) in [5.41, 5.74) is 7.74. The molecule has 0 amide bonds. The van der Waals surface area contributed by atoms with Gasteiger partial charge < -0.3 is 10.5 Å². The van der Waals surface area contributed by atoms with Crippen molar-refractivity contribution in [2.75, 3.05) is 45.0 Å². The minimum absolute atomic E-state index is 0.0663. The number of piperazine rings is 1. The second-order valence-corrected chi connectivity index (χ2v) is 8.93. The Morgan fingerprint density at radius 1 is 1.08 bits per heavy atom. The maximum atomic E-state index is 12.9. The van der Waals surface area contributed by atoms with Crippen LogP contribution in [0.4, 0.5) is 5.69 Å². The van der Waals surface area contributed by atoms with Crippen molar-refractivity contribution in [2.24, 2.45) is 0 Å². The van der Waals surface area contributed by atoms with E-state index in [0.29, 0.717) is 26.2 Å². The molecule has 2 aliphatic rings. The number of nitrogen functional groups attached to an aromatic ring is 1. The van der Waals surface area contributed by atoms with Crippen LogP contribution < -0.4 is 5.73 Å². The Bertz CT molecular complexity index is 679. The average molecular weight is 369 g/mol. The second-order valence-electron chi connectivity index (χ2n) is 7.00. The number of hydrogen-bond acceptors (Lipinski definition) is 5. The molecule has 2 heterocycles. The lowest BCUT2D eigenvalue weighted by Gasteiger charge is -2.40. The zero-order chi connectivity index (χ0) is 18.0. The van der Waals surface area contributed by atoms with Gasteiger partial charge in [-0.3, -0.25) is 4.90 Å². The topological polar surface area (TPSA) is 79.1 Å². The lowest BCUT2D eigenvalue weighted by molar-refractivity contribution is -0.0457. The van der Waals surface area contributed by atoms with Crippen LogP contribution in [0.2, 0.25) is 0 Å². The van der Waals surface area contributed by atoms with E-state index in [1.54, 1.807) is 8.61 Å². The summed E-state index contributed by atoms with van der Waals surface area (Å²) >= 11 is 0. The summed E-state index contributed by atoms with van der Waals surface area (Å²) in [4.78, 5) is 2.27. The fraction of sp³-hybridized carbons (Fsp3) is 0.647. The van der Waals surface area contributed by atoms with Gasteiger partial charge in [-0.2, -0.15) is 17.0 Å². The van der Waals surface area contributed by atoms with E-state index in [9.17, 15) is 8.42 Å². The van der Waals surface area contributed by atoms with Crippen LogP contribution in [0.25, 0.3) is 0 Å². The molecule has 140 valence electrons. The summed E-state index contributed by atoms with van der Waals surface area (Å²) in [7, 11) is -3.41. The molecule has 2 atom stereocenters. The summed E-state index contributed by atoms with van der Waals surface area (Å²) in [6.45, 7) is 7.97. The van der Waals surface area contributed by atoms with Gasteiger partial charge in [-0.05, 0) is 31.5 Å². The molecule has 2 aliphatic heterocycles. The van der Waals surface area contributed by atoms with Gasteiger partial charge >= 0.3 is 0 Å². The van der Waals surface area contributed by atoms with Gasteiger partial charge in [-0.15, -0.1) is 0 Å². The number of anilines is 1.